The molecule has 1 aromatic rings. The molecule has 6 heteroatoms. The lowest BCUT2D eigenvalue weighted by molar-refractivity contribution is -0.140. The predicted molar refractivity (Wildman–Crippen MR) is 107 cm³/mol. The molecule has 1 aliphatic heterocycles. The Balaban J connectivity index is 1.76. The van der Waals surface area contributed by atoms with Crippen molar-refractivity contribution < 1.29 is 18.7 Å². The van der Waals surface area contributed by atoms with Gasteiger partial charge in [0, 0.05) is 39.0 Å². The van der Waals surface area contributed by atoms with E-state index < -0.39 is 0 Å². The second-order valence-corrected chi connectivity index (χ2v) is 7.55. The predicted octanol–water partition coefficient (Wildman–Crippen LogP) is 3.27. The Hall–Kier alpha value is -1.95. The molecule has 1 saturated heterocycles. The van der Waals surface area contributed by atoms with E-state index in [9.17, 15) is 14.0 Å². The van der Waals surface area contributed by atoms with Crippen molar-refractivity contribution in [1.82, 2.24) is 9.80 Å². The van der Waals surface area contributed by atoms with Crippen LogP contribution in [0.25, 0.3) is 0 Å². The van der Waals surface area contributed by atoms with Gasteiger partial charge >= 0.3 is 5.97 Å². The van der Waals surface area contributed by atoms with Crippen molar-refractivity contribution in [1.29, 1.82) is 0 Å². The van der Waals surface area contributed by atoms with Crippen LogP contribution >= 0.6 is 0 Å². The average molecular weight is 393 g/mol. The summed E-state index contributed by atoms with van der Waals surface area (Å²) in [6.45, 7) is 6.41. The highest BCUT2D eigenvalue weighted by Gasteiger charge is 2.23. The molecule has 1 heterocycles. The number of carbonyl (C=O) groups excluding carboxylic acids is 2. The van der Waals surface area contributed by atoms with E-state index in [-0.39, 0.29) is 24.1 Å². The van der Waals surface area contributed by atoms with Crippen LogP contribution in [0.4, 0.5) is 4.39 Å². The maximum Gasteiger partial charge on any atom is 0.305 e. The number of carbonyl (C=O) groups is 2. The van der Waals surface area contributed by atoms with Crippen molar-refractivity contribution in [2.24, 2.45) is 5.92 Å². The van der Waals surface area contributed by atoms with Gasteiger partial charge in [0.25, 0.3) is 0 Å². The van der Waals surface area contributed by atoms with E-state index in [2.05, 4.69) is 9.64 Å². The zero-order chi connectivity index (χ0) is 20.4. The third-order valence-electron chi connectivity index (χ3n) is 5.42. The minimum atomic E-state index is -0.267. The van der Waals surface area contributed by atoms with Gasteiger partial charge in [0.1, 0.15) is 5.82 Å². The molecule has 0 unspecified atom stereocenters. The lowest BCUT2D eigenvalue weighted by Crippen LogP contribution is -2.43. The molecular weight excluding hydrogens is 359 g/mol. The lowest BCUT2D eigenvalue weighted by atomic mass is 9.96. The quantitative estimate of drug-likeness (QED) is 0.574. The van der Waals surface area contributed by atoms with Gasteiger partial charge in [0.2, 0.25) is 5.91 Å². The number of hydrogen-bond acceptors (Lipinski definition) is 4. The molecule has 1 fully saturated rings. The highest BCUT2D eigenvalue weighted by Crippen LogP contribution is 2.19. The van der Waals surface area contributed by atoms with Gasteiger partial charge in [-0.05, 0) is 62.8 Å². The van der Waals surface area contributed by atoms with Crippen molar-refractivity contribution >= 4 is 11.9 Å². The summed E-state index contributed by atoms with van der Waals surface area (Å²) >= 11 is 0. The molecular formula is C22H33FN2O3. The van der Waals surface area contributed by atoms with Crippen LogP contribution in [0, 0.1) is 11.7 Å². The summed E-state index contributed by atoms with van der Waals surface area (Å²) in [5.41, 5.74) is 1.03. The average Bonchev–Trinajstić information content (AvgIpc) is 2.70. The smallest absolute Gasteiger partial charge is 0.305 e. The molecule has 1 atom stereocenters. The number of amides is 1. The maximum absolute atomic E-state index is 13.3. The number of hydrogen-bond donors (Lipinski definition) is 0. The second-order valence-electron chi connectivity index (χ2n) is 7.55. The molecule has 5 nitrogen and oxygen atoms in total. The fourth-order valence-electron chi connectivity index (χ4n) is 3.85. The molecule has 2 rings (SSSR count). The summed E-state index contributed by atoms with van der Waals surface area (Å²) in [5, 5.41) is 0. The number of nitrogens with zero attached hydrogens (tertiary/aromatic N) is 2. The fourth-order valence-corrected chi connectivity index (χ4v) is 3.85. The molecule has 1 aliphatic rings. The van der Waals surface area contributed by atoms with Crippen LogP contribution in [-0.4, -0.2) is 61.5 Å². The molecule has 0 aliphatic carbocycles. The Morgan fingerprint density at radius 2 is 2.14 bits per heavy atom. The highest BCUT2D eigenvalue weighted by molar-refractivity contribution is 5.77. The van der Waals surface area contributed by atoms with Gasteiger partial charge in [-0.25, -0.2) is 4.39 Å². The van der Waals surface area contributed by atoms with Gasteiger partial charge in [0.15, 0.2) is 0 Å². The van der Waals surface area contributed by atoms with Gasteiger partial charge in [-0.15, -0.1) is 0 Å². The molecule has 28 heavy (non-hydrogen) atoms. The fraction of sp³-hybridized carbons (Fsp3) is 0.636. The van der Waals surface area contributed by atoms with Gasteiger partial charge in [-0.3, -0.25) is 9.59 Å². The van der Waals surface area contributed by atoms with Crippen LogP contribution in [0.1, 0.15) is 44.6 Å². The van der Waals surface area contributed by atoms with Gasteiger partial charge in [0.05, 0.1) is 7.11 Å². The third kappa shape index (κ3) is 7.58. The number of benzene rings is 1. The number of ether oxygens (including phenoxy) is 1. The number of piperidine rings is 1. The standard InChI is InChI=1S/C22H33FN2O3/c1-3-25(21(26)10-5-11-22(27)28-2)17-19-8-6-13-24(16-19)14-12-18-7-4-9-20(23)15-18/h4,7,9,15,19H,3,5-6,8,10-14,16-17H2,1-2H3/t19-/m0/s1. The molecule has 0 N–H and O–H groups in total. The Bertz CT molecular complexity index is 638. The molecule has 156 valence electrons. The van der Waals surface area contributed by atoms with E-state index in [1.54, 1.807) is 12.1 Å². The Morgan fingerprint density at radius 1 is 1.32 bits per heavy atom. The Labute approximate surface area is 167 Å². The SMILES string of the molecule is CCN(C[C@H]1CCCN(CCc2cccc(F)c2)C1)C(=O)CCCC(=O)OC. The lowest BCUT2D eigenvalue weighted by Gasteiger charge is -2.35. The number of methoxy groups -OCH3 is 1. The summed E-state index contributed by atoms with van der Waals surface area (Å²) in [6, 6.07) is 6.81. The zero-order valence-electron chi connectivity index (χ0n) is 17.2. The van der Waals surface area contributed by atoms with Crippen LogP contribution in [0.15, 0.2) is 24.3 Å². The van der Waals surface area contributed by atoms with E-state index in [0.29, 0.717) is 25.3 Å². The van der Waals surface area contributed by atoms with E-state index in [4.69, 9.17) is 0 Å². The second kappa shape index (κ2) is 11.8. The van der Waals surface area contributed by atoms with Crippen LogP contribution < -0.4 is 0 Å². The Kier molecular flexibility index (Phi) is 9.41. The minimum Gasteiger partial charge on any atom is -0.469 e. The number of likely N-dealkylation sites (tertiary alicyclic amines) is 1. The first-order valence-electron chi connectivity index (χ1n) is 10.3. The number of halogens is 1. The number of rotatable bonds is 10. The van der Waals surface area contributed by atoms with Crippen LogP contribution in [-0.2, 0) is 20.7 Å². The van der Waals surface area contributed by atoms with Crippen LogP contribution in [0.5, 0.6) is 0 Å². The summed E-state index contributed by atoms with van der Waals surface area (Å²) in [6.07, 6.45) is 4.31. The van der Waals surface area contributed by atoms with Crippen molar-refractivity contribution in [3.05, 3.63) is 35.6 Å². The van der Waals surface area contributed by atoms with Crippen molar-refractivity contribution in [3.63, 3.8) is 0 Å². The molecule has 0 radical (unpaired) electrons. The molecule has 0 spiro atoms. The van der Waals surface area contributed by atoms with Crippen molar-refractivity contribution in [3.8, 4) is 0 Å². The topological polar surface area (TPSA) is 49.9 Å². The largest absolute Gasteiger partial charge is 0.469 e. The molecule has 0 bridgehead atoms. The molecule has 1 amide bonds. The maximum atomic E-state index is 13.3. The summed E-state index contributed by atoms with van der Waals surface area (Å²) in [7, 11) is 1.37. The van der Waals surface area contributed by atoms with Gasteiger partial charge in [-0.1, -0.05) is 12.1 Å². The van der Waals surface area contributed by atoms with E-state index in [0.717, 1.165) is 51.0 Å². The van der Waals surface area contributed by atoms with Crippen molar-refractivity contribution in [2.75, 3.05) is 39.8 Å². The summed E-state index contributed by atoms with van der Waals surface area (Å²) in [4.78, 5) is 28.0. The first-order chi connectivity index (χ1) is 13.5. The van der Waals surface area contributed by atoms with Crippen LogP contribution in [0.3, 0.4) is 0 Å². The van der Waals surface area contributed by atoms with Gasteiger partial charge < -0.3 is 14.5 Å². The summed E-state index contributed by atoms with van der Waals surface area (Å²) in [5.74, 6) is 0.129. The third-order valence-corrected chi connectivity index (χ3v) is 5.42. The molecule has 1 aromatic carbocycles. The van der Waals surface area contributed by atoms with Gasteiger partial charge in [-0.2, -0.15) is 0 Å². The number of esters is 1. The molecule has 0 aromatic heterocycles. The van der Waals surface area contributed by atoms with E-state index in [1.165, 1.54) is 13.2 Å². The Morgan fingerprint density at radius 3 is 2.86 bits per heavy atom. The first kappa shape index (κ1) is 22.3. The monoisotopic (exact) mass is 392 g/mol. The van der Waals surface area contributed by atoms with E-state index in [1.807, 2.05) is 17.9 Å². The van der Waals surface area contributed by atoms with E-state index >= 15 is 0 Å². The highest BCUT2D eigenvalue weighted by atomic mass is 19.1. The zero-order valence-corrected chi connectivity index (χ0v) is 17.2. The summed E-state index contributed by atoms with van der Waals surface area (Å²) < 4.78 is 18.0. The first-order valence-corrected chi connectivity index (χ1v) is 10.3. The minimum absolute atomic E-state index is 0.114. The normalized spacial score (nSPS) is 17.3. The van der Waals surface area contributed by atoms with Crippen LogP contribution in [0.2, 0.25) is 0 Å². The molecule has 0 saturated carbocycles. The van der Waals surface area contributed by atoms with Crippen molar-refractivity contribution in [2.45, 2.75) is 45.4 Å².